The quantitative estimate of drug-likeness (QED) is 0.634. The molecule has 0 atom stereocenters. The van der Waals surface area contributed by atoms with E-state index in [0.29, 0.717) is 41.3 Å². The average Bonchev–Trinajstić information content (AvgIpc) is 2.64. The van der Waals surface area contributed by atoms with Crippen LogP contribution in [0.1, 0.15) is 0 Å². The maximum absolute atomic E-state index is 14.2. The van der Waals surface area contributed by atoms with Gasteiger partial charge in [-0.15, -0.1) is 0 Å². The van der Waals surface area contributed by atoms with Gasteiger partial charge in [-0.05, 0) is 18.2 Å². The van der Waals surface area contributed by atoms with Crippen molar-refractivity contribution in [2.45, 2.75) is 0 Å². The Morgan fingerprint density at radius 2 is 1.81 bits per heavy atom. The average molecular weight is 360 g/mol. The smallest absolute Gasteiger partial charge is 0.198 e. The standard InChI is InChI=1S/C19H18F2N2O3/c1-22-12-9-15(20)19(16(21)10-12)26-18-5-6-23-17-11-13(3-4-14(17)18)25-8-7-24-2/h3-6,9-11,22H,7-8H2,1-2H3. The Bertz CT molecular complexity index is 895. The normalized spacial score (nSPS) is 10.8. The van der Waals surface area contributed by atoms with Gasteiger partial charge >= 0.3 is 0 Å². The second kappa shape index (κ2) is 7.97. The summed E-state index contributed by atoms with van der Waals surface area (Å²) in [5.41, 5.74) is 0.912. The lowest BCUT2D eigenvalue weighted by Crippen LogP contribution is -2.04. The van der Waals surface area contributed by atoms with E-state index < -0.39 is 17.4 Å². The highest BCUT2D eigenvalue weighted by atomic mass is 19.1. The molecule has 2 aromatic carbocycles. The summed E-state index contributed by atoms with van der Waals surface area (Å²) < 4.78 is 44.3. The molecule has 0 spiro atoms. The molecule has 3 rings (SSSR count). The van der Waals surface area contributed by atoms with Crippen molar-refractivity contribution in [3.8, 4) is 17.2 Å². The molecule has 0 aliphatic carbocycles. The lowest BCUT2D eigenvalue weighted by atomic mass is 10.2. The van der Waals surface area contributed by atoms with Gasteiger partial charge in [-0.1, -0.05) is 0 Å². The zero-order valence-corrected chi connectivity index (χ0v) is 14.4. The Balaban J connectivity index is 1.91. The molecular formula is C19H18F2N2O3. The van der Waals surface area contributed by atoms with E-state index in [1.54, 1.807) is 38.4 Å². The van der Waals surface area contributed by atoms with Crippen LogP contribution in [0.3, 0.4) is 0 Å². The van der Waals surface area contributed by atoms with Gasteiger partial charge in [-0.3, -0.25) is 4.98 Å². The molecular weight excluding hydrogens is 342 g/mol. The van der Waals surface area contributed by atoms with E-state index in [4.69, 9.17) is 14.2 Å². The number of halogens is 2. The van der Waals surface area contributed by atoms with Gasteiger partial charge in [-0.2, -0.15) is 0 Å². The largest absolute Gasteiger partial charge is 0.491 e. The van der Waals surface area contributed by atoms with Crippen LogP contribution in [0.25, 0.3) is 10.9 Å². The molecule has 7 heteroatoms. The number of anilines is 1. The number of rotatable bonds is 7. The molecule has 0 aliphatic heterocycles. The number of ether oxygens (including phenoxy) is 3. The monoisotopic (exact) mass is 360 g/mol. The van der Waals surface area contributed by atoms with Gasteiger partial charge in [0.2, 0.25) is 0 Å². The lowest BCUT2D eigenvalue weighted by Gasteiger charge is -2.12. The first kappa shape index (κ1) is 17.9. The van der Waals surface area contributed by atoms with Crippen LogP contribution in [-0.2, 0) is 4.74 Å². The van der Waals surface area contributed by atoms with Crippen LogP contribution >= 0.6 is 0 Å². The summed E-state index contributed by atoms with van der Waals surface area (Å²) in [7, 11) is 3.17. The van der Waals surface area contributed by atoms with Gasteiger partial charge in [0.1, 0.15) is 18.1 Å². The van der Waals surface area contributed by atoms with Crippen molar-refractivity contribution in [2.24, 2.45) is 0 Å². The second-order valence-corrected chi connectivity index (χ2v) is 5.45. The molecule has 3 aromatic rings. The third-order valence-corrected chi connectivity index (χ3v) is 3.73. The molecule has 0 amide bonds. The highest BCUT2D eigenvalue weighted by molar-refractivity contribution is 5.86. The highest BCUT2D eigenvalue weighted by Crippen LogP contribution is 2.34. The molecule has 0 bridgehead atoms. The van der Waals surface area contributed by atoms with Crippen molar-refractivity contribution >= 4 is 16.6 Å². The minimum atomic E-state index is -0.793. The fourth-order valence-electron chi connectivity index (χ4n) is 2.43. The zero-order chi connectivity index (χ0) is 18.5. The Hall–Kier alpha value is -2.93. The van der Waals surface area contributed by atoms with Gasteiger partial charge in [0.15, 0.2) is 17.4 Å². The summed E-state index contributed by atoms with van der Waals surface area (Å²) in [5, 5.41) is 3.30. The predicted octanol–water partition coefficient (Wildman–Crippen LogP) is 4.37. The molecule has 5 nitrogen and oxygen atoms in total. The van der Waals surface area contributed by atoms with Gasteiger partial charge in [0.05, 0.1) is 12.1 Å². The third-order valence-electron chi connectivity index (χ3n) is 3.73. The molecule has 0 saturated carbocycles. The number of benzene rings is 2. The summed E-state index contributed by atoms with van der Waals surface area (Å²) in [6.07, 6.45) is 1.51. The van der Waals surface area contributed by atoms with Crippen LogP contribution in [0.4, 0.5) is 14.5 Å². The van der Waals surface area contributed by atoms with Crippen molar-refractivity contribution in [3.05, 3.63) is 54.2 Å². The number of nitrogens with zero attached hydrogens (tertiary/aromatic N) is 1. The molecule has 0 unspecified atom stereocenters. The van der Waals surface area contributed by atoms with Crippen LogP contribution in [0.5, 0.6) is 17.2 Å². The maximum atomic E-state index is 14.2. The van der Waals surface area contributed by atoms with Crippen molar-refractivity contribution in [2.75, 3.05) is 32.7 Å². The van der Waals surface area contributed by atoms with E-state index in [-0.39, 0.29) is 0 Å². The van der Waals surface area contributed by atoms with Crippen LogP contribution in [0, 0.1) is 11.6 Å². The summed E-state index contributed by atoms with van der Waals surface area (Å²) in [6.45, 7) is 0.877. The first-order valence-corrected chi connectivity index (χ1v) is 7.97. The van der Waals surface area contributed by atoms with E-state index in [9.17, 15) is 8.78 Å². The summed E-state index contributed by atoms with van der Waals surface area (Å²) in [4.78, 5) is 4.26. The number of fused-ring (bicyclic) bond motifs is 1. The first-order chi connectivity index (χ1) is 12.6. The number of hydrogen-bond donors (Lipinski definition) is 1. The fourth-order valence-corrected chi connectivity index (χ4v) is 2.43. The molecule has 1 heterocycles. The first-order valence-electron chi connectivity index (χ1n) is 7.97. The van der Waals surface area contributed by atoms with E-state index in [1.807, 2.05) is 0 Å². The van der Waals surface area contributed by atoms with E-state index in [2.05, 4.69) is 10.3 Å². The topological polar surface area (TPSA) is 52.6 Å². The predicted molar refractivity (Wildman–Crippen MR) is 95.1 cm³/mol. The van der Waals surface area contributed by atoms with E-state index in [1.165, 1.54) is 18.3 Å². The number of methoxy groups -OCH3 is 1. The molecule has 26 heavy (non-hydrogen) atoms. The van der Waals surface area contributed by atoms with Crippen LogP contribution in [0.2, 0.25) is 0 Å². The molecule has 0 saturated heterocycles. The Labute approximate surface area is 149 Å². The van der Waals surface area contributed by atoms with Gasteiger partial charge < -0.3 is 19.5 Å². The van der Waals surface area contributed by atoms with E-state index in [0.717, 1.165) is 0 Å². The number of hydrogen-bond acceptors (Lipinski definition) is 5. The minimum absolute atomic E-state index is 0.299. The summed E-state index contributed by atoms with van der Waals surface area (Å²) >= 11 is 0. The van der Waals surface area contributed by atoms with Gasteiger partial charge in [-0.25, -0.2) is 8.78 Å². The van der Waals surface area contributed by atoms with Crippen molar-refractivity contribution in [1.29, 1.82) is 0 Å². The van der Waals surface area contributed by atoms with E-state index >= 15 is 0 Å². The van der Waals surface area contributed by atoms with Gasteiger partial charge in [0, 0.05) is 49.6 Å². The Morgan fingerprint density at radius 1 is 1.04 bits per heavy atom. The molecule has 0 aliphatic rings. The summed E-state index contributed by atoms with van der Waals surface area (Å²) in [6, 6.07) is 9.10. The molecule has 1 aromatic heterocycles. The van der Waals surface area contributed by atoms with Gasteiger partial charge in [0.25, 0.3) is 0 Å². The summed E-state index contributed by atoms with van der Waals surface area (Å²) in [5.74, 6) is -1.13. The number of pyridine rings is 1. The maximum Gasteiger partial charge on any atom is 0.198 e. The van der Waals surface area contributed by atoms with Crippen molar-refractivity contribution in [1.82, 2.24) is 4.98 Å². The SMILES string of the molecule is CNc1cc(F)c(Oc2ccnc3cc(OCCOC)ccc23)c(F)c1. The van der Waals surface area contributed by atoms with Crippen LogP contribution in [0.15, 0.2) is 42.6 Å². The number of aromatic nitrogens is 1. The molecule has 1 N–H and O–H groups in total. The number of nitrogens with one attached hydrogen (secondary N) is 1. The van der Waals surface area contributed by atoms with Crippen molar-refractivity contribution < 1.29 is 23.0 Å². The van der Waals surface area contributed by atoms with Crippen LogP contribution in [-0.4, -0.2) is 32.4 Å². The molecule has 0 fully saturated rings. The van der Waals surface area contributed by atoms with Crippen molar-refractivity contribution in [3.63, 3.8) is 0 Å². The third kappa shape index (κ3) is 3.83. The lowest BCUT2D eigenvalue weighted by molar-refractivity contribution is 0.146. The zero-order valence-electron chi connectivity index (χ0n) is 14.4. The fraction of sp³-hybridized carbons (Fsp3) is 0.211. The highest BCUT2D eigenvalue weighted by Gasteiger charge is 2.15. The minimum Gasteiger partial charge on any atom is -0.491 e. The second-order valence-electron chi connectivity index (χ2n) is 5.45. The molecule has 0 radical (unpaired) electrons. The van der Waals surface area contributed by atoms with Crippen LogP contribution < -0.4 is 14.8 Å². The Kier molecular flexibility index (Phi) is 5.48. The molecule has 136 valence electrons. The Morgan fingerprint density at radius 3 is 2.50 bits per heavy atom.